The molecule has 1 saturated heterocycles. The number of rotatable bonds is 1. The van der Waals surface area contributed by atoms with Crippen molar-refractivity contribution in [3.63, 3.8) is 0 Å². The Morgan fingerprint density at radius 2 is 2.18 bits per heavy atom. The van der Waals surface area contributed by atoms with Crippen molar-refractivity contribution in [3.8, 4) is 0 Å². The third-order valence-electron chi connectivity index (χ3n) is 4.55. The molecule has 0 aromatic carbocycles. The van der Waals surface area contributed by atoms with Gasteiger partial charge in [0.2, 0.25) is 0 Å². The minimum absolute atomic E-state index is 0.0688. The highest BCUT2D eigenvalue weighted by Crippen LogP contribution is 2.46. The second-order valence-corrected chi connectivity index (χ2v) is 6.38. The molecule has 4 atom stereocenters. The lowest BCUT2D eigenvalue weighted by Crippen LogP contribution is -2.33. The van der Waals surface area contributed by atoms with Crippen molar-refractivity contribution in [2.24, 2.45) is 11.8 Å². The number of hydrogen-bond donors (Lipinski definition) is 1. The molecule has 0 bridgehead atoms. The van der Waals surface area contributed by atoms with Crippen LogP contribution in [0.25, 0.3) is 0 Å². The molecule has 0 aromatic heterocycles. The van der Waals surface area contributed by atoms with Gasteiger partial charge in [-0.1, -0.05) is 25.5 Å². The summed E-state index contributed by atoms with van der Waals surface area (Å²) in [6.45, 7) is 8.76. The lowest BCUT2D eigenvalue weighted by Gasteiger charge is -2.27. The number of fused-ring (bicyclic) bond motifs is 1. The van der Waals surface area contributed by atoms with Gasteiger partial charge in [-0.25, -0.2) is 0 Å². The molecule has 0 saturated carbocycles. The van der Waals surface area contributed by atoms with Gasteiger partial charge in [-0.2, -0.15) is 0 Å². The molecule has 1 aliphatic heterocycles. The van der Waals surface area contributed by atoms with E-state index in [0.717, 1.165) is 25.7 Å². The Labute approximate surface area is 105 Å². The maximum atomic E-state index is 10.5. The Morgan fingerprint density at radius 1 is 1.47 bits per heavy atom. The fourth-order valence-corrected chi connectivity index (χ4v) is 3.11. The minimum Gasteiger partial charge on any atom is -0.390 e. The topological polar surface area (TPSA) is 32.8 Å². The lowest BCUT2D eigenvalue weighted by molar-refractivity contribution is 0.0505. The van der Waals surface area contributed by atoms with Gasteiger partial charge in [0.25, 0.3) is 0 Å². The number of aliphatic hydroxyl groups excluding tert-OH is 1. The Bertz CT molecular complexity index is 308. The predicted molar refractivity (Wildman–Crippen MR) is 69.8 cm³/mol. The smallest absolute Gasteiger partial charge is 0.113 e. The zero-order valence-electron chi connectivity index (χ0n) is 11.6. The highest BCUT2D eigenvalue weighted by molar-refractivity contribution is 5.09. The number of allylic oxidation sites excluding steroid dienone is 2. The largest absolute Gasteiger partial charge is 0.390 e. The fourth-order valence-electron chi connectivity index (χ4n) is 3.11. The van der Waals surface area contributed by atoms with Crippen LogP contribution in [0.2, 0.25) is 0 Å². The third kappa shape index (κ3) is 2.74. The number of hydrogen-bond acceptors (Lipinski definition) is 2. The normalized spacial score (nSPS) is 46.0. The Kier molecular flexibility index (Phi) is 3.65. The van der Waals surface area contributed by atoms with Crippen molar-refractivity contribution in [1.29, 1.82) is 0 Å². The van der Waals surface area contributed by atoms with Gasteiger partial charge < -0.3 is 9.84 Å². The maximum Gasteiger partial charge on any atom is 0.113 e. The first kappa shape index (κ1) is 13.1. The molecule has 1 N–H and O–H groups in total. The van der Waals surface area contributed by atoms with Crippen LogP contribution in [0.5, 0.6) is 0 Å². The van der Waals surface area contributed by atoms with Crippen molar-refractivity contribution in [3.05, 3.63) is 11.6 Å². The molecule has 0 radical (unpaired) electrons. The Morgan fingerprint density at radius 3 is 2.82 bits per heavy atom. The first-order valence-electron chi connectivity index (χ1n) is 6.95. The molecular formula is C15H26O2. The average molecular weight is 238 g/mol. The SMILES string of the molecule is C/C1=C/CC[C@]2(C)O[C@@H]2[C@H](O)[C@H](C(C)C)CC1. The van der Waals surface area contributed by atoms with Crippen molar-refractivity contribution < 1.29 is 9.84 Å². The highest BCUT2D eigenvalue weighted by atomic mass is 16.6. The number of aliphatic hydroxyl groups is 1. The molecule has 0 aromatic rings. The van der Waals surface area contributed by atoms with Gasteiger partial charge in [0.05, 0.1) is 11.7 Å². The van der Waals surface area contributed by atoms with E-state index in [1.165, 1.54) is 5.57 Å². The third-order valence-corrected chi connectivity index (χ3v) is 4.55. The van der Waals surface area contributed by atoms with Crippen LogP contribution in [0.15, 0.2) is 11.6 Å². The molecular weight excluding hydrogens is 212 g/mol. The van der Waals surface area contributed by atoms with E-state index in [0.29, 0.717) is 11.8 Å². The van der Waals surface area contributed by atoms with Gasteiger partial charge in [-0.05, 0) is 51.4 Å². The zero-order chi connectivity index (χ0) is 12.6. The molecule has 1 fully saturated rings. The monoisotopic (exact) mass is 238 g/mol. The van der Waals surface area contributed by atoms with E-state index in [9.17, 15) is 5.11 Å². The van der Waals surface area contributed by atoms with E-state index in [2.05, 4.69) is 33.8 Å². The van der Waals surface area contributed by atoms with Crippen LogP contribution < -0.4 is 0 Å². The standard InChI is InChI=1S/C15H26O2/c1-10(2)12-8-7-11(3)6-5-9-15(4)14(17-15)13(12)16/h6,10,12-14,16H,5,7-9H2,1-4H3/b11-6-/t12-,13+,14+,15-/m0/s1. The summed E-state index contributed by atoms with van der Waals surface area (Å²) in [4.78, 5) is 0. The van der Waals surface area contributed by atoms with Crippen LogP contribution in [-0.2, 0) is 4.74 Å². The summed E-state index contributed by atoms with van der Waals surface area (Å²) in [5, 5.41) is 10.5. The van der Waals surface area contributed by atoms with Gasteiger partial charge >= 0.3 is 0 Å². The lowest BCUT2D eigenvalue weighted by atomic mass is 9.80. The van der Waals surface area contributed by atoms with E-state index in [-0.39, 0.29) is 17.8 Å². The average Bonchev–Trinajstić information content (AvgIpc) is 2.89. The molecule has 17 heavy (non-hydrogen) atoms. The minimum atomic E-state index is -0.286. The van der Waals surface area contributed by atoms with Gasteiger partial charge in [-0.15, -0.1) is 0 Å². The van der Waals surface area contributed by atoms with Crippen molar-refractivity contribution in [2.45, 2.75) is 71.2 Å². The summed E-state index contributed by atoms with van der Waals surface area (Å²) >= 11 is 0. The Balaban J connectivity index is 2.14. The molecule has 98 valence electrons. The summed E-state index contributed by atoms with van der Waals surface area (Å²) in [5.74, 6) is 0.883. The van der Waals surface area contributed by atoms with Crippen molar-refractivity contribution in [2.75, 3.05) is 0 Å². The second kappa shape index (κ2) is 4.74. The van der Waals surface area contributed by atoms with Crippen LogP contribution in [0.3, 0.4) is 0 Å². The van der Waals surface area contributed by atoms with Gasteiger partial charge in [0.1, 0.15) is 6.10 Å². The first-order chi connectivity index (χ1) is 7.94. The predicted octanol–water partition coefficient (Wildman–Crippen LogP) is 3.30. The molecule has 1 heterocycles. The first-order valence-corrected chi connectivity index (χ1v) is 6.95. The van der Waals surface area contributed by atoms with E-state index in [1.54, 1.807) is 0 Å². The zero-order valence-corrected chi connectivity index (χ0v) is 11.6. The summed E-state index contributed by atoms with van der Waals surface area (Å²) in [7, 11) is 0. The quantitative estimate of drug-likeness (QED) is 0.561. The van der Waals surface area contributed by atoms with E-state index < -0.39 is 0 Å². The molecule has 2 heteroatoms. The van der Waals surface area contributed by atoms with Gasteiger partial charge in [0.15, 0.2) is 0 Å². The summed E-state index contributed by atoms with van der Waals surface area (Å²) in [6.07, 6.45) is 6.45. The maximum absolute atomic E-state index is 10.5. The van der Waals surface area contributed by atoms with Crippen molar-refractivity contribution in [1.82, 2.24) is 0 Å². The highest BCUT2D eigenvalue weighted by Gasteiger charge is 2.57. The second-order valence-electron chi connectivity index (χ2n) is 6.38. The molecule has 2 nitrogen and oxygen atoms in total. The van der Waals surface area contributed by atoms with E-state index >= 15 is 0 Å². The van der Waals surface area contributed by atoms with Crippen LogP contribution in [-0.4, -0.2) is 22.9 Å². The molecule has 0 amide bonds. The van der Waals surface area contributed by atoms with E-state index in [4.69, 9.17) is 4.74 Å². The van der Waals surface area contributed by atoms with Gasteiger partial charge in [-0.3, -0.25) is 0 Å². The fraction of sp³-hybridized carbons (Fsp3) is 0.867. The number of epoxide rings is 1. The van der Waals surface area contributed by atoms with Crippen LogP contribution in [0.4, 0.5) is 0 Å². The summed E-state index contributed by atoms with van der Waals surface area (Å²) in [5.41, 5.74) is 1.39. The summed E-state index contributed by atoms with van der Waals surface area (Å²) in [6, 6.07) is 0. The van der Waals surface area contributed by atoms with Crippen molar-refractivity contribution >= 4 is 0 Å². The van der Waals surface area contributed by atoms with Crippen LogP contribution >= 0.6 is 0 Å². The van der Waals surface area contributed by atoms with Gasteiger partial charge in [0, 0.05) is 0 Å². The Hall–Kier alpha value is -0.340. The number of ether oxygens (including phenoxy) is 1. The molecule has 0 spiro atoms. The molecule has 2 rings (SSSR count). The molecule has 0 unspecified atom stereocenters. The summed E-state index contributed by atoms with van der Waals surface area (Å²) < 4.78 is 5.79. The van der Waals surface area contributed by atoms with Crippen LogP contribution in [0.1, 0.15) is 53.4 Å². The molecule has 1 aliphatic carbocycles. The van der Waals surface area contributed by atoms with E-state index in [1.807, 2.05) is 0 Å². The van der Waals surface area contributed by atoms with Crippen LogP contribution in [0, 0.1) is 11.8 Å². The molecule has 2 aliphatic rings.